The first-order valence-corrected chi connectivity index (χ1v) is 6.94. The van der Waals surface area contributed by atoms with Gasteiger partial charge in [-0.3, -0.25) is 4.90 Å². The zero-order valence-corrected chi connectivity index (χ0v) is 12.5. The van der Waals surface area contributed by atoms with Crippen molar-refractivity contribution in [1.82, 2.24) is 4.90 Å². The van der Waals surface area contributed by atoms with E-state index in [0.717, 1.165) is 32.5 Å². The lowest BCUT2D eigenvalue weighted by Gasteiger charge is -2.32. The van der Waals surface area contributed by atoms with Crippen LogP contribution in [0.1, 0.15) is 24.8 Å². The van der Waals surface area contributed by atoms with Crippen LogP contribution in [0.4, 0.5) is 4.39 Å². The third-order valence-electron chi connectivity index (χ3n) is 3.62. The maximum Gasteiger partial charge on any atom is 0.129 e. The lowest BCUT2D eigenvalue weighted by atomic mass is 9.94. The number of nitrogens with zero attached hydrogens (tertiary/aromatic N) is 1. The van der Waals surface area contributed by atoms with Crippen LogP contribution in [0.25, 0.3) is 0 Å². The molecule has 0 bridgehead atoms. The fourth-order valence-corrected chi connectivity index (χ4v) is 2.90. The Kier molecular flexibility index (Phi) is 7.08. The predicted molar refractivity (Wildman–Crippen MR) is 80.3 cm³/mol. The van der Waals surface area contributed by atoms with Crippen molar-refractivity contribution in [1.29, 1.82) is 0 Å². The van der Waals surface area contributed by atoms with E-state index in [0.29, 0.717) is 23.0 Å². The molecule has 1 unspecified atom stereocenters. The van der Waals surface area contributed by atoms with Gasteiger partial charge in [-0.15, -0.1) is 12.4 Å². The highest BCUT2D eigenvalue weighted by molar-refractivity contribution is 6.31. The highest BCUT2D eigenvalue weighted by atomic mass is 35.5. The minimum Gasteiger partial charge on any atom is -0.330 e. The van der Waals surface area contributed by atoms with Crippen molar-refractivity contribution in [2.75, 3.05) is 19.6 Å². The van der Waals surface area contributed by atoms with E-state index in [4.69, 9.17) is 17.3 Å². The molecule has 1 heterocycles. The first kappa shape index (κ1) is 16.7. The molecule has 2 rings (SSSR count). The molecule has 0 spiro atoms. The number of hydrogen-bond acceptors (Lipinski definition) is 2. The zero-order chi connectivity index (χ0) is 13.0. The molecule has 1 aliphatic heterocycles. The first-order valence-electron chi connectivity index (χ1n) is 6.56. The van der Waals surface area contributed by atoms with Crippen molar-refractivity contribution in [2.24, 2.45) is 11.7 Å². The maximum atomic E-state index is 13.7. The highest BCUT2D eigenvalue weighted by Gasteiger charge is 2.21. The largest absolute Gasteiger partial charge is 0.330 e. The number of hydrogen-bond donors (Lipinski definition) is 1. The highest BCUT2D eigenvalue weighted by Crippen LogP contribution is 2.25. The summed E-state index contributed by atoms with van der Waals surface area (Å²) in [4.78, 5) is 2.29. The molecule has 0 saturated carbocycles. The van der Waals surface area contributed by atoms with E-state index in [1.54, 1.807) is 12.1 Å². The van der Waals surface area contributed by atoms with Gasteiger partial charge < -0.3 is 5.73 Å². The number of halogens is 3. The van der Waals surface area contributed by atoms with Crippen molar-refractivity contribution in [2.45, 2.75) is 25.8 Å². The lowest BCUT2D eigenvalue weighted by molar-refractivity contribution is 0.161. The number of piperidine rings is 1. The average molecular weight is 307 g/mol. The van der Waals surface area contributed by atoms with Gasteiger partial charge in [-0.25, -0.2) is 4.39 Å². The molecule has 2 nitrogen and oxygen atoms in total. The Balaban J connectivity index is 0.00000180. The molecule has 0 aromatic heterocycles. The standard InChI is InChI=1S/C14H20ClFN2.ClH/c15-13-4-1-5-14(16)12(13)10-18-8-2-3-11(9-18)6-7-17;/h1,4-5,11H,2-3,6-10,17H2;1H. The summed E-state index contributed by atoms with van der Waals surface area (Å²) in [7, 11) is 0. The molecular weight excluding hydrogens is 286 g/mol. The Morgan fingerprint density at radius 2 is 2.21 bits per heavy atom. The lowest BCUT2D eigenvalue weighted by Crippen LogP contribution is -2.36. The molecule has 1 aromatic carbocycles. The van der Waals surface area contributed by atoms with Crippen molar-refractivity contribution < 1.29 is 4.39 Å². The number of likely N-dealkylation sites (tertiary alicyclic amines) is 1. The van der Waals surface area contributed by atoms with E-state index in [9.17, 15) is 4.39 Å². The fourth-order valence-electron chi connectivity index (χ4n) is 2.67. The molecule has 1 atom stereocenters. The molecule has 1 saturated heterocycles. The van der Waals surface area contributed by atoms with E-state index in [-0.39, 0.29) is 18.2 Å². The summed E-state index contributed by atoms with van der Waals surface area (Å²) in [6, 6.07) is 4.87. The van der Waals surface area contributed by atoms with Crippen molar-refractivity contribution >= 4 is 24.0 Å². The topological polar surface area (TPSA) is 29.3 Å². The second kappa shape index (κ2) is 8.05. The van der Waals surface area contributed by atoms with Crippen LogP contribution in [0.3, 0.4) is 0 Å². The van der Waals surface area contributed by atoms with Crippen molar-refractivity contribution in [3.05, 3.63) is 34.6 Å². The quantitative estimate of drug-likeness (QED) is 0.923. The van der Waals surface area contributed by atoms with Gasteiger partial charge in [0.25, 0.3) is 0 Å². The zero-order valence-electron chi connectivity index (χ0n) is 10.9. The average Bonchev–Trinajstić information content (AvgIpc) is 2.35. The molecule has 1 aromatic rings. The van der Waals surface area contributed by atoms with E-state index in [1.807, 2.05) is 0 Å². The Hall–Kier alpha value is -0.350. The third-order valence-corrected chi connectivity index (χ3v) is 3.98. The van der Waals surface area contributed by atoms with Gasteiger partial charge in [0.05, 0.1) is 0 Å². The third kappa shape index (κ3) is 4.60. The maximum absolute atomic E-state index is 13.7. The van der Waals surface area contributed by atoms with Crippen molar-refractivity contribution in [3.63, 3.8) is 0 Å². The van der Waals surface area contributed by atoms with Gasteiger partial charge >= 0.3 is 0 Å². The first-order chi connectivity index (χ1) is 8.70. The Morgan fingerprint density at radius 1 is 1.42 bits per heavy atom. The molecule has 108 valence electrons. The van der Waals surface area contributed by atoms with Gasteiger partial charge in [-0.2, -0.15) is 0 Å². The molecule has 0 aliphatic carbocycles. The van der Waals surface area contributed by atoms with Gasteiger partial charge in [0.1, 0.15) is 5.82 Å². The molecular formula is C14H21Cl2FN2. The van der Waals surface area contributed by atoms with Crippen LogP contribution in [0, 0.1) is 11.7 Å². The van der Waals surface area contributed by atoms with Crippen LogP contribution < -0.4 is 5.73 Å². The molecule has 0 radical (unpaired) electrons. The number of benzene rings is 1. The minimum absolute atomic E-state index is 0. The van der Waals surface area contributed by atoms with E-state index >= 15 is 0 Å². The van der Waals surface area contributed by atoms with Gasteiger partial charge in [0.2, 0.25) is 0 Å². The summed E-state index contributed by atoms with van der Waals surface area (Å²) in [5.74, 6) is 0.442. The normalized spacial score (nSPS) is 20.1. The number of nitrogens with two attached hydrogens (primary N) is 1. The Labute approximate surface area is 125 Å². The Morgan fingerprint density at radius 3 is 2.89 bits per heavy atom. The fraction of sp³-hybridized carbons (Fsp3) is 0.571. The van der Waals surface area contributed by atoms with Gasteiger partial charge in [0.15, 0.2) is 0 Å². The van der Waals surface area contributed by atoms with Crippen LogP contribution in [-0.2, 0) is 6.54 Å². The minimum atomic E-state index is -0.205. The van der Waals surface area contributed by atoms with Crippen LogP contribution in [0.5, 0.6) is 0 Å². The second-order valence-corrected chi connectivity index (χ2v) is 5.43. The summed E-state index contributed by atoms with van der Waals surface area (Å²) >= 11 is 6.06. The summed E-state index contributed by atoms with van der Waals surface area (Å²) in [6.45, 7) is 3.36. The van der Waals surface area contributed by atoms with Crippen LogP contribution in [-0.4, -0.2) is 24.5 Å². The molecule has 0 amide bonds. The summed E-state index contributed by atoms with van der Waals surface area (Å²) in [5, 5.41) is 0.524. The number of rotatable bonds is 4. The summed E-state index contributed by atoms with van der Waals surface area (Å²) in [6.07, 6.45) is 3.46. The smallest absolute Gasteiger partial charge is 0.129 e. The van der Waals surface area contributed by atoms with E-state index in [2.05, 4.69) is 4.90 Å². The molecule has 1 fully saturated rings. The predicted octanol–water partition coefficient (Wildman–Crippen LogP) is 3.46. The molecule has 2 N–H and O–H groups in total. The van der Waals surface area contributed by atoms with Crippen LogP contribution in [0.15, 0.2) is 18.2 Å². The SMILES string of the molecule is Cl.NCCC1CCCN(Cc2c(F)cccc2Cl)C1. The summed E-state index contributed by atoms with van der Waals surface area (Å²) < 4.78 is 13.7. The molecule has 1 aliphatic rings. The van der Waals surface area contributed by atoms with Gasteiger partial charge in [0, 0.05) is 23.7 Å². The molecule has 5 heteroatoms. The van der Waals surface area contributed by atoms with E-state index < -0.39 is 0 Å². The van der Waals surface area contributed by atoms with Gasteiger partial charge in [-0.05, 0) is 50.4 Å². The van der Waals surface area contributed by atoms with Crippen LogP contribution in [0.2, 0.25) is 5.02 Å². The molecule has 19 heavy (non-hydrogen) atoms. The van der Waals surface area contributed by atoms with Crippen LogP contribution >= 0.6 is 24.0 Å². The monoisotopic (exact) mass is 306 g/mol. The second-order valence-electron chi connectivity index (χ2n) is 5.02. The van der Waals surface area contributed by atoms with Gasteiger partial charge in [-0.1, -0.05) is 17.7 Å². The Bertz CT molecular complexity index is 379. The van der Waals surface area contributed by atoms with E-state index in [1.165, 1.54) is 12.5 Å². The van der Waals surface area contributed by atoms with Crippen molar-refractivity contribution in [3.8, 4) is 0 Å². The summed E-state index contributed by atoms with van der Waals surface area (Å²) in [5.41, 5.74) is 6.22.